The van der Waals surface area contributed by atoms with Crippen molar-refractivity contribution in [2.24, 2.45) is 5.92 Å². The number of nitrogens with zero attached hydrogens (tertiary/aromatic N) is 3. The van der Waals surface area contributed by atoms with Gasteiger partial charge in [0.05, 0.1) is 41.7 Å². The normalized spacial score (nSPS) is 18.0. The van der Waals surface area contributed by atoms with Gasteiger partial charge in [0.2, 0.25) is 29.5 Å². The molecule has 0 bridgehead atoms. The number of aliphatic hydroxyl groups is 6. The lowest BCUT2D eigenvalue weighted by Crippen LogP contribution is -2.58. The van der Waals surface area contributed by atoms with E-state index in [2.05, 4.69) is 26.6 Å². The molecule has 454 valence electrons. The number of carbonyl (C=O) groups is 9. The molecule has 8 atom stereocenters. The maximum atomic E-state index is 15.4. The molecule has 0 radical (unpaired) electrons. The van der Waals surface area contributed by atoms with Gasteiger partial charge in [0.1, 0.15) is 55.6 Å². The quantitative estimate of drug-likeness (QED) is 0.0123. The van der Waals surface area contributed by atoms with Crippen molar-refractivity contribution in [3.63, 3.8) is 0 Å². The van der Waals surface area contributed by atoms with E-state index in [4.69, 9.17) is 24.4 Å². The summed E-state index contributed by atoms with van der Waals surface area (Å²) < 4.78 is 27.8. The van der Waals surface area contributed by atoms with Gasteiger partial charge in [0.15, 0.2) is 5.60 Å². The van der Waals surface area contributed by atoms with Gasteiger partial charge < -0.3 is 76.1 Å². The topological polar surface area (TPSA) is 401 Å². The SMILES string of the molecule is CC[C@@]1(O)C(=O)OCc2c1cc1n(c2=O)Cc2cc3c(CCCCOCNC(=O)[C@H](C)NC(=O)C(NC(=O)[C@H](CCC(=O)NC[C@H](O)[C@@H](O)[C@H](O)[C@H](O)CO)NC(=O)CCCCC(=O)ON4C(=O)CCC4=O)C(C)C)c(C)c(F)cc3nc2-1. The highest BCUT2D eigenvalue weighted by Gasteiger charge is 2.45. The van der Waals surface area contributed by atoms with Gasteiger partial charge in [-0.2, -0.15) is 0 Å². The van der Waals surface area contributed by atoms with E-state index in [1.807, 2.05) is 6.07 Å². The highest BCUT2D eigenvalue weighted by Crippen LogP contribution is 2.39. The number of nitrogens with one attached hydrogen (secondary N) is 5. The first-order chi connectivity index (χ1) is 39.3. The molecule has 11 N–H and O–H groups in total. The third kappa shape index (κ3) is 15.7. The Kier molecular flexibility index (Phi) is 22.5. The second kappa shape index (κ2) is 28.8. The lowest BCUT2D eigenvalue weighted by atomic mass is 9.86. The first-order valence-corrected chi connectivity index (χ1v) is 27.5. The standard InChI is InChI=1S/C55H73FN8O19/c1-6-55(80)34-20-38-47-30(23-63(38)53(78)33(34)25-82-54(55)79)19-32-31(28(4)35(56)21-37(32)61-47)11-9-10-18-81-26-58-50(75)29(5)59-52(77)46(27(2)3)62-51(76)36(14-15-41(68)57-22-39(66)48(73)49(74)40(67)24-65)60-42(69)12-7-8-13-45(72)83-64-43(70)16-17-44(64)71/h19-21,27,29,36,39-40,46,48-49,65-67,73-74,80H,6-18,22-26H2,1-5H3,(H,57,68)(H,58,75)(H,59,77)(H,60,69)(H,62,76)/t29-,36-,39-,40+,46?,48+,49+,55-/m0/s1. The van der Waals surface area contributed by atoms with Gasteiger partial charge in [-0.15, -0.1) is 5.06 Å². The third-order valence-electron chi connectivity index (χ3n) is 14.8. The van der Waals surface area contributed by atoms with Crippen molar-refractivity contribution in [1.29, 1.82) is 0 Å². The molecule has 0 saturated carbocycles. The highest BCUT2D eigenvalue weighted by molar-refractivity contribution is 6.01. The summed E-state index contributed by atoms with van der Waals surface area (Å²) in [4.78, 5) is 138. The molecule has 83 heavy (non-hydrogen) atoms. The Morgan fingerprint density at radius 3 is 2.19 bits per heavy atom. The Morgan fingerprint density at radius 1 is 0.831 bits per heavy atom. The zero-order valence-electron chi connectivity index (χ0n) is 46.8. The number of pyridine rings is 2. The van der Waals surface area contributed by atoms with Crippen LogP contribution in [0.4, 0.5) is 4.39 Å². The molecule has 1 aromatic carbocycles. The summed E-state index contributed by atoms with van der Waals surface area (Å²) in [7, 11) is 0. The van der Waals surface area contributed by atoms with Crippen molar-refractivity contribution in [2.75, 3.05) is 26.5 Å². The smallest absolute Gasteiger partial charge is 0.343 e. The zero-order valence-corrected chi connectivity index (χ0v) is 46.8. The van der Waals surface area contributed by atoms with E-state index in [0.29, 0.717) is 63.3 Å². The van der Waals surface area contributed by atoms with Gasteiger partial charge in [0, 0.05) is 67.8 Å². The van der Waals surface area contributed by atoms with E-state index in [9.17, 15) is 73.5 Å². The van der Waals surface area contributed by atoms with Gasteiger partial charge in [-0.1, -0.05) is 20.8 Å². The van der Waals surface area contributed by atoms with Crippen LogP contribution in [-0.4, -0.2) is 168 Å². The average molecular weight is 1170 g/mol. The van der Waals surface area contributed by atoms with E-state index in [0.717, 1.165) is 0 Å². The predicted octanol–water partition coefficient (Wildman–Crippen LogP) is -1.43. The van der Waals surface area contributed by atoms with E-state index < -0.39 is 138 Å². The number of ether oxygens (including phenoxy) is 2. The Bertz CT molecular complexity index is 3010. The summed E-state index contributed by atoms with van der Waals surface area (Å²) >= 11 is 0. The summed E-state index contributed by atoms with van der Waals surface area (Å²) in [6, 6.07) is 0.912. The summed E-state index contributed by atoms with van der Waals surface area (Å²) in [5, 5.41) is 73.6. The number of fused-ring (bicyclic) bond motifs is 5. The number of esters is 1. The van der Waals surface area contributed by atoms with Crippen LogP contribution in [-0.2, 0) is 82.6 Å². The average Bonchev–Trinajstić information content (AvgIpc) is 3.95. The van der Waals surface area contributed by atoms with Crippen LogP contribution in [0.25, 0.3) is 22.3 Å². The number of imide groups is 1. The molecule has 28 heteroatoms. The Morgan fingerprint density at radius 2 is 1.52 bits per heavy atom. The molecule has 0 spiro atoms. The molecule has 3 aromatic rings. The number of hydroxylamine groups is 2. The van der Waals surface area contributed by atoms with Gasteiger partial charge in [0.25, 0.3) is 17.4 Å². The predicted molar refractivity (Wildman–Crippen MR) is 286 cm³/mol. The number of unbranched alkanes of at least 4 members (excludes halogenated alkanes) is 2. The molecule has 2 aromatic heterocycles. The van der Waals surface area contributed by atoms with Crippen molar-refractivity contribution in [1.82, 2.24) is 41.2 Å². The van der Waals surface area contributed by atoms with Crippen molar-refractivity contribution in [3.05, 3.63) is 62.2 Å². The van der Waals surface area contributed by atoms with Gasteiger partial charge >= 0.3 is 11.9 Å². The maximum Gasteiger partial charge on any atom is 0.343 e. The first kappa shape index (κ1) is 64.8. The fourth-order valence-electron chi connectivity index (χ4n) is 9.76. The number of hydrogen-bond acceptors (Lipinski definition) is 20. The van der Waals surface area contributed by atoms with Crippen LogP contribution >= 0.6 is 0 Å². The number of rotatable bonds is 30. The summed E-state index contributed by atoms with van der Waals surface area (Å²) in [5.74, 6) is -7.93. The lowest BCUT2D eigenvalue weighted by molar-refractivity contribution is -0.197. The summed E-state index contributed by atoms with van der Waals surface area (Å²) in [6.07, 6.45) is -7.45. The van der Waals surface area contributed by atoms with Gasteiger partial charge in [-0.05, 0) is 88.0 Å². The van der Waals surface area contributed by atoms with Gasteiger partial charge in [-0.3, -0.25) is 38.4 Å². The van der Waals surface area contributed by atoms with Crippen LogP contribution in [0.2, 0.25) is 0 Å². The van der Waals surface area contributed by atoms with Crippen molar-refractivity contribution in [3.8, 4) is 11.4 Å². The molecule has 1 unspecified atom stereocenters. The number of cyclic esters (lactones) is 1. The fraction of sp³-hybridized carbons (Fsp3) is 0.582. The van der Waals surface area contributed by atoms with E-state index >= 15 is 4.39 Å². The molecular weight excluding hydrogens is 1100 g/mol. The zero-order chi connectivity index (χ0) is 61.0. The molecule has 0 aliphatic carbocycles. The van der Waals surface area contributed by atoms with Gasteiger partial charge in [-0.25, -0.2) is 19.0 Å². The molecule has 3 aliphatic rings. The molecule has 5 heterocycles. The minimum atomic E-state index is -2.00. The van der Waals surface area contributed by atoms with E-state index in [-0.39, 0.29) is 89.0 Å². The van der Waals surface area contributed by atoms with Crippen LogP contribution in [0, 0.1) is 18.7 Å². The monoisotopic (exact) mass is 1170 g/mol. The minimum Gasteiger partial charge on any atom is -0.458 e. The molecule has 27 nitrogen and oxygen atoms in total. The molecule has 7 amide bonds. The second-order valence-electron chi connectivity index (χ2n) is 21.2. The first-order valence-electron chi connectivity index (χ1n) is 27.5. The molecule has 6 rings (SSSR count). The van der Waals surface area contributed by atoms with Crippen LogP contribution < -0.4 is 32.1 Å². The number of halogens is 1. The molecule has 1 saturated heterocycles. The van der Waals surface area contributed by atoms with Crippen LogP contribution in [0.1, 0.15) is 126 Å². The lowest BCUT2D eigenvalue weighted by Gasteiger charge is -2.31. The number of carbonyl (C=O) groups excluding carboxylic acids is 9. The molecule has 1 fully saturated rings. The number of amides is 7. The number of hydrogen-bond donors (Lipinski definition) is 11. The largest absolute Gasteiger partial charge is 0.458 e. The maximum absolute atomic E-state index is 15.4. The minimum absolute atomic E-state index is 0.0159. The molecular formula is C55H73FN8O19. The highest BCUT2D eigenvalue weighted by atomic mass is 19.1. The number of benzene rings is 1. The summed E-state index contributed by atoms with van der Waals surface area (Å²) in [6.45, 7) is 6.16. The Balaban J connectivity index is 0.984. The van der Waals surface area contributed by atoms with Crippen molar-refractivity contribution >= 4 is 64.2 Å². The molecule has 3 aliphatic heterocycles. The fourth-order valence-corrected chi connectivity index (χ4v) is 9.76. The van der Waals surface area contributed by atoms with E-state index in [1.54, 1.807) is 33.8 Å². The number of aromatic nitrogens is 2. The Labute approximate surface area is 475 Å². The van der Waals surface area contributed by atoms with Crippen LogP contribution in [0.5, 0.6) is 0 Å². The second-order valence-corrected chi connectivity index (χ2v) is 21.2. The number of aryl methyl sites for hydroxylation is 1. The van der Waals surface area contributed by atoms with Crippen molar-refractivity contribution < 1.29 is 92.5 Å². The Hall–Kier alpha value is -7.34. The van der Waals surface area contributed by atoms with Crippen molar-refractivity contribution in [2.45, 2.75) is 173 Å². The van der Waals surface area contributed by atoms with Crippen LogP contribution in [0.3, 0.4) is 0 Å². The van der Waals surface area contributed by atoms with E-state index in [1.165, 1.54) is 17.6 Å². The number of aliphatic hydroxyl groups excluding tert-OH is 5. The summed E-state index contributed by atoms with van der Waals surface area (Å²) in [5.41, 5.74) is 0.984. The van der Waals surface area contributed by atoms with Crippen LogP contribution in [0.15, 0.2) is 23.0 Å². The third-order valence-corrected chi connectivity index (χ3v) is 14.8.